The zero-order valence-electron chi connectivity index (χ0n) is 8.62. The highest BCUT2D eigenvalue weighted by Crippen LogP contribution is 2.38. The third kappa shape index (κ3) is 3.19. The quantitative estimate of drug-likeness (QED) is 0.676. The van der Waals surface area contributed by atoms with Crippen LogP contribution in [0.1, 0.15) is 17.4 Å². The van der Waals surface area contributed by atoms with Gasteiger partial charge in [0.15, 0.2) is 10.8 Å². The Hall–Kier alpha value is -1.10. The third-order valence-electron chi connectivity index (χ3n) is 1.70. The Balaban J connectivity index is 3.41. The fourth-order valence-electron chi connectivity index (χ4n) is 0.961. The molecule has 0 bridgehead atoms. The van der Waals surface area contributed by atoms with Crippen LogP contribution in [-0.2, 0) is 0 Å². The maximum atomic E-state index is 10.9. The molecule has 0 atom stereocenters. The summed E-state index contributed by atoms with van der Waals surface area (Å²) < 4.78 is 0. The van der Waals surface area contributed by atoms with Crippen molar-refractivity contribution in [3.63, 3.8) is 0 Å². The van der Waals surface area contributed by atoms with Gasteiger partial charge in [-0.1, -0.05) is 40.9 Å². The first kappa shape index (κ1) is 14.0. The van der Waals surface area contributed by atoms with Crippen molar-refractivity contribution in [3.8, 4) is 0 Å². The molecule has 0 saturated heterocycles. The van der Waals surface area contributed by atoms with E-state index in [1.807, 2.05) is 0 Å². The van der Waals surface area contributed by atoms with Crippen molar-refractivity contribution in [1.29, 1.82) is 0 Å². The summed E-state index contributed by atoms with van der Waals surface area (Å²) in [6, 6.07) is 0. The van der Waals surface area contributed by atoms with Crippen molar-refractivity contribution >= 4 is 52.7 Å². The predicted molar refractivity (Wildman–Crippen MR) is 69.2 cm³/mol. The Bertz CT molecular complexity index is 513. The first-order valence-corrected chi connectivity index (χ1v) is 5.55. The lowest BCUT2D eigenvalue weighted by Crippen LogP contribution is -2.02. The molecule has 0 aliphatic heterocycles. The molecule has 1 aromatic heterocycles. The second-order valence-corrected chi connectivity index (χ2v) is 3.95. The van der Waals surface area contributed by atoms with E-state index in [9.17, 15) is 4.79 Å². The number of halogens is 3. The van der Waals surface area contributed by atoms with E-state index in [2.05, 4.69) is 9.98 Å². The van der Waals surface area contributed by atoms with Crippen molar-refractivity contribution in [3.05, 3.63) is 33.0 Å². The van der Waals surface area contributed by atoms with Gasteiger partial charge in [-0.25, -0.2) is 9.78 Å². The number of aromatic nitrogens is 1. The minimum atomic E-state index is -1.30. The number of hydrogen-bond donors (Lipinski definition) is 1. The number of hydrogen-bond acceptors (Lipinski definition) is 3. The highest BCUT2D eigenvalue weighted by molar-refractivity contribution is 6.46. The lowest BCUT2D eigenvalue weighted by Gasteiger charge is -2.05. The second-order valence-electron chi connectivity index (χ2n) is 2.84. The van der Waals surface area contributed by atoms with E-state index in [1.54, 1.807) is 19.1 Å². The van der Waals surface area contributed by atoms with Crippen molar-refractivity contribution < 1.29 is 9.90 Å². The molecule has 1 heterocycles. The summed E-state index contributed by atoms with van der Waals surface area (Å²) in [6.07, 6.45) is 4.81. The number of rotatable bonds is 3. The maximum Gasteiger partial charge on any atom is 0.356 e. The zero-order valence-corrected chi connectivity index (χ0v) is 10.9. The van der Waals surface area contributed by atoms with Gasteiger partial charge >= 0.3 is 5.97 Å². The van der Waals surface area contributed by atoms with Crippen LogP contribution in [0, 0.1) is 0 Å². The van der Waals surface area contributed by atoms with Crippen LogP contribution in [0.2, 0.25) is 15.2 Å². The SMILES string of the molecule is C/C=C/C=Nc1c(Cl)c(Cl)nc(C(=O)O)c1Cl. The summed E-state index contributed by atoms with van der Waals surface area (Å²) in [7, 11) is 0. The number of carboxylic acids is 1. The van der Waals surface area contributed by atoms with Crippen molar-refractivity contribution in [1.82, 2.24) is 4.98 Å². The van der Waals surface area contributed by atoms with E-state index >= 15 is 0 Å². The highest BCUT2D eigenvalue weighted by Gasteiger charge is 2.20. The molecule has 0 fully saturated rings. The van der Waals surface area contributed by atoms with Crippen LogP contribution in [0.5, 0.6) is 0 Å². The molecule has 1 rings (SSSR count). The van der Waals surface area contributed by atoms with Crippen LogP contribution in [0.25, 0.3) is 0 Å². The smallest absolute Gasteiger partial charge is 0.356 e. The molecule has 0 aliphatic carbocycles. The molecule has 90 valence electrons. The van der Waals surface area contributed by atoms with Crippen LogP contribution >= 0.6 is 34.8 Å². The van der Waals surface area contributed by atoms with Gasteiger partial charge < -0.3 is 5.11 Å². The van der Waals surface area contributed by atoms with Gasteiger partial charge in [0.2, 0.25) is 0 Å². The average molecular weight is 294 g/mol. The molecular weight excluding hydrogens is 286 g/mol. The van der Waals surface area contributed by atoms with E-state index in [1.165, 1.54) is 6.21 Å². The highest BCUT2D eigenvalue weighted by atomic mass is 35.5. The second kappa shape index (κ2) is 6.00. The first-order chi connectivity index (χ1) is 7.99. The number of pyridine rings is 1. The lowest BCUT2D eigenvalue weighted by molar-refractivity contribution is 0.0691. The number of allylic oxidation sites excluding steroid dienone is 2. The summed E-state index contributed by atoms with van der Waals surface area (Å²) in [5, 5.41) is 8.58. The molecule has 0 amide bonds. The first-order valence-electron chi connectivity index (χ1n) is 4.42. The average Bonchev–Trinajstić information content (AvgIpc) is 2.28. The molecule has 0 saturated carbocycles. The monoisotopic (exact) mass is 292 g/mol. The van der Waals surface area contributed by atoms with Crippen LogP contribution < -0.4 is 0 Å². The van der Waals surface area contributed by atoms with Crippen LogP contribution in [0.4, 0.5) is 5.69 Å². The van der Waals surface area contributed by atoms with Gasteiger partial charge in [-0.3, -0.25) is 4.99 Å². The van der Waals surface area contributed by atoms with E-state index in [0.29, 0.717) is 0 Å². The molecule has 0 aromatic carbocycles. The summed E-state index contributed by atoms with van der Waals surface area (Å²) >= 11 is 17.4. The predicted octanol–water partition coefficient (Wildman–Crippen LogP) is 4.02. The summed E-state index contributed by atoms with van der Waals surface area (Å²) in [4.78, 5) is 18.4. The molecule has 0 aliphatic rings. The maximum absolute atomic E-state index is 10.9. The molecule has 0 radical (unpaired) electrons. The molecule has 4 nitrogen and oxygen atoms in total. The Morgan fingerprint density at radius 3 is 2.53 bits per heavy atom. The summed E-state index contributed by atoms with van der Waals surface area (Å²) in [6.45, 7) is 1.80. The Morgan fingerprint density at radius 2 is 2.00 bits per heavy atom. The molecule has 1 N–H and O–H groups in total. The van der Waals surface area contributed by atoms with Gasteiger partial charge in [-0.05, 0) is 13.0 Å². The fourth-order valence-corrected chi connectivity index (χ4v) is 1.64. The van der Waals surface area contributed by atoms with Crippen molar-refractivity contribution in [2.45, 2.75) is 6.92 Å². The Labute approximate surface area is 113 Å². The van der Waals surface area contributed by atoms with Gasteiger partial charge in [0.1, 0.15) is 15.7 Å². The molecule has 1 aromatic rings. The molecule has 0 unspecified atom stereocenters. The standard InChI is InChI=1S/C10H7Cl3N2O2/c1-2-3-4-14-7-5(11)8(10(16)17)15-9(13)6(7)12/h2-4H,1H3,(H,16,17)/b3-2+,14-4?. The Morgan fingerprint density at radius 1 is 1.35 bits per heavy atom. The van der Waals surface area contributed by atoms with Crippen molar-refractivity contribution in [2.75, 3.05) is 0 Å². The zero-order chi connectivity index (χ0) is 13.0. The lowest BCUT2D eigenvalue weighted by atomic mass is 10.3. The number of aliphatic imine (C=N–C) groups is 1. The fraction of sp³-hybridized carbons (Fsp3) is 0.100. The van der Waals surface area contributed by atoms with Gasteiger partial charge in [0, 0.05) is 6.21 Å². The number of carboxylic acid groups (broad SMARTS) is 1. The van der Waals surface area contributed by atoms with Gasteiger partial charge in [-0.15, -0.1) is 0 Å². The number of carbonyl (C=O) groups is 1. The van der Waals surface area contributed by atoms with Crippen molar-refractivity contribution in [2.24, 2.45) is 4.99 Å². The van der Waals surface area contributed by atoms with E-state index in [-0.39, 0.29) is 26.6 Å². The molecule has 0 spiro atoms. The van der Waals surface area contributed by atoms with Crippen LogP contribution in [0.15, 0.2) is 17.1 Å². The topological polar surface area (TPSA) is 62.5 Å². The largest absolute Gasteiger partial charge is 0.476 e. The Kier molecular flexibility index (Phi) is 4.93. The van der Waals surface area contributed by atoms with E-state index in [0.717, 1.165) is 0 Å². The minimum absolute atomic E-state index is 0.0161. The third-order valence-corrected chi connectivity index (χ3v) is 2.79. The van der Waals surface area contributed by atoms with E-state index < -0.39 is 5.97 Å². The summed E-state index contributed by atoms with van der Waals surface area (Å²) in [5.41, 5.74) is -0.294. The number of nitrogens with zero attached hydrogens (tertiary/aromatic N) is 2. The summed E-state index contributed by atoms with van der Waals surface area (Å²) in [5.74, 6) is -1.30. The van der Waals surface area contributed by atoms with E-state index in [4.69, 9.17) is 39.9 Å². The van der Waals surface area contributed by atoms with Crippen LogP contribution in [0.3, 0.4) is 0 Å². The number of aromatic carboxylic acids is 1. The molecule has 17 heavy (non-hydrogen) atoms. The van der Waals surface area contributed by atoms with Gasteiger partial charge in [0.25, 0.3) is 0 Å². The normalized spacial score (nSPS) is 11.5. The minimum Gasteiger partial charge on any atom is -0.476 e. The molecule has 7 heteroatoms. The van der Waals surface area contributed by atoms with Crippen LogP contribution in [-0.4, -0.2) is 22.3 Å². The molecular formula is C10H7Cl3N2O2. The van der Waals surface area contributed by atoms with Gasteiger partial charge in [0.05, 0.1) is 0 Å². The van der Waals surface area contributed by atoms with Gasteiger partial charge in [-0.2, -0.15) is 0 Å².